The molecule has 114 valence electrons. The lowest BCUT2D eigenvalue weighted by Crippen LogP contribution is -2.44. The van der Waals surface area contributed by atoms with Crippen LogP contribution in [-0.2, 0) is 9.16 Å². The zero-order valence-electron chi connectivity index (χ0n) is 13.1. The van der Waals surface area contributed by atoms with E-state index < -0.39 is 8.32 Å². The van der Waals surface area contributed by atoms with Gasteiger partial charge in [-0.3, -0.25) is 0 Å². The van der Waals surface area contributed by atoms with Crippen LogP contribution < -0.4 is 0 Å². The van der Waals surface area contributed by atoms with E-state index in [4.69, 9.17) is 20.8 Å². The van der Waals surface area contributed by atoms with E-state index >= 15 is 0 Å². The van der Waals surface area contributed by atoms with E-state index in [1.54, 1.807) is 11.8 Å². The Morgan fingerprint density at radius 2 is 1.84 bits per heavy atom. The first-order chi connectivity index (χ1) is 8.65. The standard InChI is InChI=1S/C13H28ClNO3Si/c1-7-17-12(16)15(9-8-14)10-11-18-19(5,6)13(2,3)4/h7-11H2,1-6H3. The zero-order chi connectivity index (χ0) is 15.1. The minimum Gasteiger partial charge on any atom is -0.450 e. The molecule has 19 heavy (non-hydrogen) atoms. The van der Waals surface area contributed by atoms with Crippen LogP contribution in [0.15, 0.2) is 0 Å². The molecule has 0 aliphatic rings. The predicted octanol–water partition coefficient (Wildman–Crippen LogP) is 3.71. The van der Waals surface area contributed by atoms with Crippen LogP contribution in [0.5, 0.6) is 0 Å². The summed E-state index contributed by atoms with van der Waals surface area (Å²) in [5.41, 5.74) is 0. The Bertz CT molecular complexity index is 280. The average molecular weight is 310 g/mol. The molecule has 0 spiro atoms. The molecule has 0 aromatic carbocycles. The number of hydrogen-bond acceptors (Lipinski definition) is 3. The van der Waals surface area contributed by atoms with Crippen molar-refractivity contribution in [1.82, 2.24) is 4.90 Å². The van der Waals surface area contributed by atoms with E-state index in [0.717, 1.165) is 0 Å². The lowest BCUT2D eigenvalue weighted by molar-refractivity contribution is 0.102. The van der Waals surface area contributed by atoms with Crippen molar-refractivity contribution in [3.63, 3.8) is 0 Å². The van der Waals surface area contributed by atoms with Gasteiger partial charge in [0.25, 0.3) is 0 Å². The molecule has 0 unspecified atom stereocenters. The van der Waals surface area contributed by atoms with Crippen molar-refractivity contribution in [3.8, 4) is 0 Å². The lowest BCUT2D eigenvalue weighted by atomic mass is 10.2. The van der Waals surface area contributed by atoms with Gasteiger partial charge in [0.15, 0.2) is 8.32 Å². The third kappa shape index (κ3) is 6.63. The number of hydrogen-bond donors (Lipinski definition) is 0. The molecule has 0 aromatic rings. The molecule has 0 rings (SSSR count). The molecular weight excluding hydrogens is 282 g/mol. The Morgan fingerprint density at radius 1 is 1.26 bits per heavy atom. The highest BCUT2D eigenvalue weighted by Crippen LogP contribution is 2.36. The second kappa shape index (κ2) is 8.12. The fourth-order valence-corrected chi connectivity index (χ4v) is 2.48. The van der Waals surface area contributed by atoms with E-state index in [9.17, 15) is 4.79 Å². The molecule has 0 aliphatic heterocycles. The van der Waals surface area contributed by atoms with Crippen LogP contribution in [0.1, 0.15) is 27.7 Å². The van der Waals surface area contributed by atoms with Gasteiger partial charge in [0.05, 0.1) is 13.2 Å². The Morgan fingerprint density at radius 3 is 2.26 bits per heavy atom. The molecule has 0 heterocycles. The minimum atomic E-state index is -1.76. The first-order valence-electron chi connectivity index (χ1n) is 6.77. The van der Waals surface area contributed by atoms with Gasteiger partial charge in [-0.2, -0.15) is 0 Å². The van der Waals surface area contributed by atoms with Gasteiger partial charge in [-0.1, -0.05) is 20.8 Å². The first-order valence-corrected chi connectivity index (χ1v) is 10.2. The van der Waals surface area contributed by atoms with Gasteiger partial charge in [-0.15, -0.1) is 11.6 Å². The average Bonchev–Trinajstić information content (AvgIpc) is 2.26. The number of carbonyl (C=O) groups excluding carboxylic acids is 1. The highest BCUT2D eigenvalue weighted by molar-refractivity contribution is 6.74. The summed E-state index contributed by atoms with van der Waals surface area (Å²) in [5, 5.41) is 0.175. The van der Waals surface area contributed by atoms with Crippen molar-refractivity contribution in [2.75, 3.05) is 32.2 Å². The van der Waals surface area contributed by atoms with Crippen molar-refractivity contribution < 1.29 is 14.0 Å². The number of rotatable bonds is 7. The number of halogens is 1. The van der Waals surface area contributed by atoms with Gasteiger partial charge in [0.1, 0.15) is 0 Å². The fraction of sp³-hybridized carbons (Fsp3) is 0.923. The van der Waals surface area contributed by atoms with Crippen LogP contribution in [0.4, 0.5) is 4.79 Å². The molecule has 1 amide bonds. The third-order valence-electron chi connectivity index (χ3n) is 3.51. The summed E-state index contributed by atoms with van der Waals surface area (Å²) in [6, 6.07) is 0. The smallest absolute Gasteiger partial charge is 0.409 e. The summed E-state index contributed by atoms with van der Waals surface area (Å²) in [6.45, 7) is 14.7. The summed E-state index contributed by atoms with van der Waals surface area (Å²) in [7, 11) is -1.76. The molecule has 0 atom stereocenters. The van der Waals surface area contributed by atoms with E-state index in [1.807, 2.05) is 0 Å². The molecule has 0 N–H and O–H groups in total. The SMILES string of the molecule is CCOC(=O)N(CCCl)CCO[Si](C)(C)C(C)(C)C. The second-order valence-electron chi connectivity index (χ2n) is 5.98. The molecule has 0 bridgehead atoms. The molecular formula is C13H28ClNO3Si. The van der Waals surface area contributed by atoms with Crippen LogP contribution >= 0.6 is 11.6 Å². The molecule has 0 saturated heterocycles. The fourth-order valence-electron chi connectivity index (χ4n) is 1.24. The van der Waals surface area contributed by atoms with Crippen LogP contribution in [0, 0.1) is 0 Å². The molecule has 4 nitrogen and oxygen atoms in total. The maximum atomic E-state index is 11.7. The zero-order valence-corrected chi connectivity index (χ0v) is 14.8. The van der Waals surface area contributed by atoms with Crippen LogP contribution in [-0.4, -0.2) is 51.5 Å². The van der Waals surface area contributed by atoms with Gasteiger partial charge in [0.2, 0.25) is 0 Å². The number of carbonyl (C=O) groups is 1. The quantitative estimate of drug-likeness (QED) is 0.531. The number of nitrogens with zero attached hydrogens (tertiary/aromatic N) is 1. The van der Waals surface area contributed by atoms with Gasteiger partial charge in [0, 0.05) is 19.0 Å². The summed E-state index contributed by atoms with van der Waals surface area (Å²) >= 11 is 5.70. The van der Waals surface area contributed by atoms with E-state index in [1.165, 1.54) is 0 Å². The topological polar surface area (TPSA) is 38.8 Å². The summed E-state index contributed by atoms with van der Waals surface area (Å²) in [4.78, 5) is 13.3. The number of ether oxygens (including phenoxy) is 1. The Labute approximate surface area is 123 Å². The maximum Gasteiger partial charge on any atom is 0.409 e. The van der Waals surface area contributed by atoms with Crippen molar-refractivity contribution in [3.05, 3.63) is 0 Å². The minimum absolute atomic E-state index is 0.175. The van der Waals surface area contributed by atoms with Crippen LogP contribution in [0.3, 0.4) is 0 Å². The van der Waals surface area contributed by atoms with E-state index in [-0.39, 0.29) is 11.1 Å². The van der Waals surface area contributed by atoms with Crippen molar-refractivity contribution >= 4 is 26.0 Å². The lowest BCUT2D eigenvalue weighted by Gasteiger charge is -2.36. The molecule has 0 radical (unpaired) electrons. The summed E-state index contributed by atoms with van der Waals surface area (Å²) in [5.74, 6) is 0.402. The van der Waals surface area contributed by atoms with Crippen LogP contribution in [0.25, 0.3) is 0 Å². The Balaban J connectivity index is 4.30. The third-order valence-corrected chi connectivity index (χ3v) is 8.22. The van der Waals surface area contributed by atoms with Crippen molar-refractivity contribution in [1.29, 1.82) is 0 Å². The largest absolute Gasteiger partial charge is 0.450 e. The molecule has 0 aliphatic carbocycles. The Hall–Kier alpha value is -0.263. The molecule has 6 heteroatoms. The monoisotopic (exact) mass is 309 g/mol. The van der Waals surface area contributed by atoms with Gasteiger partial charge < -0.3 is 14.1 Å². The first kappa shape index (κ1) is 18.7. The van der Waals surface area contributed by atoms with Crippen molar-refractivity contribution in [2.24, 2.45) is 0 Å². The predicted molar refractivity (Wildman–Crippen MR) is 82.5 cm³/mol. The van der Waals surface area contributed by atoms with Gasteiger partial charge >= 0.3 is 6.09 Å². The molecule has 0 saturated carbocycles. The van der Waals surface area contributed by atoms with Crippen molar-refractivity contribution in [2.45, 2.75) is 45.8 Å². The second-order valence-corrected chi connectivity index (χ2v) is 11.2. The summed E-state index contributed by atoms with van der Waals surface area (Å²) in [6.07, 6.45) is -0.318. The van der Waals surface area contributed by atoms with Gasteiger partial charge in [-0.05, 0) is 25.1 Å². The highest BCUT2D eigenvalue weighted by atomic mass is 35.5. The van der Waals surface area contributed by atoms with E-state index in [2.05, 4.69) is 33.9 Å². The normalized spacial score (nSPS) is 12.4. The molecule has 0 aromatic heterocycles. The number of alkyl halides is 1. The molecule has 0 fully saturated rings. The summed E-state index contributed by atoms with van der Waals surface area (Å²) < 4.78 is 11.0. The highest BCUT2D eigenvalue weighted by Gasteiger charge is 2.37. The maximum absolute atomic E-state index is 11.7. The van der Waals surface area contributed by atoms with Gasteiger partial charge in [-0.25, -0.2) is 4.79 Å². The number of amides is 1. The van der Waals surface area contributed by atoms with E-state index in [0.29, 0.717) is 32.2 Å². The Kier molecular flexibility index (Phi) is 8.01. The van der Waals surface area contributed by atoms with Crippen LogP contribution in [0.2, 0.25) is 18.1 Å².